The predicted octanol–water partition coefficient (Wildman–Crippen LogP) is -0.0779. The van der Waals surface area contributed by atoms with Crippen molar-refractivity contribution in [1.29, 1.82) is 0 Å². The van der Waals surface area contributed by atoms with Crippen LogP contribution in [0.25, 0.3) is 0 Å². The van der Waals surface area contributed by atoms with Gasteiger partial charge in [0.25, 0.3) is 11.8 Å². The van der Waals surface area contributed by atoms with E-state index in [9.17, 15) is 19.1 Å². The highest BCUT2D eigenvalue weighted by Crippen LogP contribution is 2.44. The normalized spacial score (nSPS) is 29.2. The van der Waals surface area contributed by atoms with E-state index >= 15 is 0 Å². The fourth-order valence-electron chi connectivity index (χ4n) is 2.17. The van der Waals surface area contributed by atoms with Crippen LogP contribution in [-0.2, 0) is 15.2 Å². The summed E-state index contributed by atoms with van der Waals surface area (Å²) in [6.07, 6.45) is 0. The molecule has 0 spiro atoms. The molecule has 2 heterocycles. The molecular weight excluding hydrogens is 273 g/mol. The van der Waals surface area contributed by atoms with Crippen LogP contribution in [0, 0.1) is 5.82 Å². The van der Waals surface area contributed by atoms with Gasteiger partial charge in [0.05, 0.1) is 0 Å². The number of nitrogens with two attached hydrogens (primary N) is 1. The molecule has 0 fully saturated rings. The quantitative estimate of drug-likeness (QED) is 0.668. The number of nitrogens with one attached hydrogen (secondary N) is 1. The van der Waals surface area contributed by atoms with Crippen molar-refractivity contribution in [3.63, 3.8) is 0 Å². The van der Waals surface area contributed by atoms with Crippen molar-refractivity contribution in [2.24, 2.45) is 10.7 Å². The van der Waals surface area contributed by atoms with Crippen molar-refractivity contribution in [3.8, 4) is 0 Å². The van der Waals surface area contributed by atoms with Crippen LogP contribution < -0.4 is 11.1 Å². The summed E-state index contributed by atoms with van der Waals surface area (Å²) in [5.41, 5.74) is 3.54. The number of rotatable bonds is 1. The van der Waals surface area contributed by atoms with Gasteiger partial charge in [0.2, 0.25) is 0 Å². The Morgan fingerprint density at radius 2 is 2.21 bits per heavy atom. The number of anilines is 1. The number of thioether (sulfide) groups is 1. The van der Waals surface area contributed by atoms with Gasteiger partial charge in [-0.05, 0) is 18.2 Å². The van der Waals surface area contributed by atoms with Crippen molar-refractivity contribution in [2.45, 2.75) is 10.9 Å². The van der Waals surface area contributed by atoms with Crippen LogP contribution >= 0.6 is 11.8 Å². The van der Waals surface area contributed by atoms with Crippen molar-refractivity contribution < 1.29 is 19.1 Å². The van der Waals surface area contributed by atoms with Crippen LogP contribution in [-0.4, -0.2) is 27.3 Å². The van der Waals surface area contributed by atoms with Gasteiger partial charge < -0.3 is 16.2 Å². The number of fused-ring (bicyclic) bond motifs is 1. The second kappa shape index (κ2) is 3.78. The third kappa shape index (κ3) is 1.57. The van der Waals surface area contributed by atoms with Crippen molar-refractivity contribution in [2.75, 3.05) is 5.32 Å². The first kappa shape index (κ1) is 12.1. The number of amides is 2. The molecular formula is C11H8FN3O3S. The van der Waals surface area contributed by atoms with Crippen LogP contribution in [0.1, 0.15) is 5.56 Å². The van der Waals surface area contributed by atoms with Gasteiger partial charge >= 0.3 is 0 Å². The molecule has 2 atom stereocenters. The molecule has 1 aromatic rings. The second-order valence-electron chi connectivity index (χ2n) is 4.20. The molecule has 4 N–H and O–H groups in total. The summed E-state index contributed by atoms with van der Waals surface area (Å²) in [6, 6.07) is 3.50. The van der Waals surface area contributed by atoms with Crippen LogP contribution in [0.3, 0.4) is 0 Å². The lowest BCUT2D eigenvalue weighted by atomic mass is 9.91. The summed E-state index contributed by atoms with van der Waals surface area (Å²) < 4.78 is 13.3. The van der Waals surface area contributed by atoms with Crippen molar-refractivity contribution in [1.82, 2.24) is 0 Å². The molecule has 1 aromatic carbocycles. The first-order valence-electron chi connectivity index (χ1n) is 5.31. The Morgan fingerprint density at radius 1 is 1.47 bits per heavy atom. The van der Waals surface area contributed by atoms with Gasteiger partial charge in [0.1, 0.15) is 11.1 Å². The van der Waals surface area contributed by atoms with Crippen LogP contribution in [0.2, 0.25) is 0 Å². The van der Waals surface area contributed by atoms with E-state index in [0.717, 1.165) is 23.9 Å². The smallest absolute Gasteiger partial charge is 0.265 e. The minimum atomic E-state index is -2.16. The van der Waals surface area contributed by atoms with E-state index < -0.39 is 28.5 Å². The Morgan fingerprint density at radius 3 is 2.84 bits per heavy atom. The van der Waals surface area contributed by atoms with Crippen LogP contribution in [0.4, 0.5) is 10.1 Å². The van der Waals surface area contributed by atoms with Crippen molar-refractivity contribution in [3.05, 3.63) is 29.6 Å². The van der Waals surface area contributed by atoms with E-state index in [1.54, 1.807) is 0 Å². The number of carbonyl (C=O) groups excluding carboxylic acids is 2. The standard InChI is InChI=1S/C11H8FN3O3S/c12-4-1-2-6-5(3-4)11(18,9(17)14-6)7-8(16)15-10(13)19-7/h1-3,7,18H,(H,14,17)(H2,13,15,16). The highest BCUT2D eigenvalue weighted by Gasteiger charge is 2.56. The monoisotopic (exact) mass is 281 g/mol. The first-order valence-corrected chi connectivity index (χ1v) is 6.19. The van der Waals surface area contributed by atoms with Gasteiger partial charge in [0.15, 0.2) is 10.8 Å². The third-order valence-corrected chi connectivity index (χ3v) is 4.16. The van der Waals surface area contributed by atoms with E-state index in [1.807, 2.05) is 0 Å². The molecule has 2 aliphatic rings. The molecule has 0 aromatic heterocycles. The first-order chi connectivity index (χ1) is 8.92. The summed E-state index contributed by atoms with van der Waals surface area (Å²) in [6.45, 7) is 0. The summed E-state index contributed by atoms with van der Waals surface area (Å²) in [7, 11) is 0. The molecule has 0 saturated carbocycles. The Balaban J connectivity index is 2.13. The lowest BCUT2D eigenvalue weighted by molar-refractivity contribution is -0.138. The molecule has 2 aliphatic heterocycles. The maximum atomic E-state index is 13.3. The maximum absolute atomic E-state index is 13.3. The highest BCUT2D eigenvalue weighted by atomic mass is 32.2. The van der Waals surface area contributed by atoms with E-state index in [1.165, 1.54) is 6.07 Å². The zero-order valence-electron chi connectivity index (χ0n) is 9.38. The second-order valence-corrected chi connectivity index (χ2v) is 5.32. The largest absolute Gasteiger partial charge is 0.378 e. The molecule has 2 amide bonds. The number of carbonyl (C=O) groups is 2. The Kier molecular flexibility index (Phi) is 2.41. The highest BCUT2D eigenvalue weighted by molar-refractivity contribution is 8.15. The van der Waals surface area contributed by atoms with Gasteiger partial charge in [-0.3, -0.25) is 9.59 Å². The maximum Gasteiger partial charge on any atom is 0.265 e. The zero-order chi connectivity index (χ0) is 13.8. The summed E-state index contributed by atoms with van der Waals surface area (Å²) >= 11 is 0.788. The van der Waals surface area contributed by atoms with E-state index in [-0.39, 0.29) is 16.4 Å². The Labute approximate surface area is 110 Å². The number of aliphatic hydroxyl groups is 1. The summed E-state index contributed by atoms with van der Waals surface area (Å²) in [5.74, 6) is -2.11. The predicted molar refractivity (Wildman–Crippen MR) is 66.9 cm³/mol. The van der Waals surface area contributed by atoms with Crippen LogP contribution in [0.5, 0.6) is 0 Å². The molecule has 2 unspecified atom stereocenters. The van der Waals surface area contributed by atoms with E-state index in [4.69, 9.17) is 5.73 Å². The fraction of sp³-hybridized carbons (Fsp3) is 0.182. The SMILES string of the molecule is NC1=NC(=O)C(C2(O)C(=O)Nc3ccc(F)cc32)S1. The topological polar surface area (TPSA) is 105 Å². The van der Waals surface area contributed by atoms with Gasteiger partial charge in [0, 0.05) is 11.3 Å². The summed E-state index contributed by atoms with van der Waals surface area (Å²) in [5, 5.41) is 11.8. The van der Waals surface area contributed by atoms with Crippen LogP contribution in [0.15, 0.2) is 23.2 Å². The minimum Gasteiger partial charge on any atom is -0.378 e. The number of hydrogen-bond acceptors (Lipinski definition) is 5. The van der Waals surface area contributed by atoms with Gasteiger partial charge in [-0.1, -0.05) is 11.8 Å². The van der Waals surface area contributed by atoms with Gasteiger partial charge in [-0.15, -0.1) is 0 Å². The van der Waals surface area contributed by atoms with E-state index in [2.05, 4.69) is 10.3 Å². The molecule has 98 valence electrons. The molecule has 19 heavy (non-hydrogen) atoms. The Bertz CT molecular complexity index is 648. The van der Waals surface area contributed by atoms with Gasteiger partial charge in [-0.25, -0.2) is 4.39 Å². The molecule has 0 radical (unpaired) electrons. The average Bonchev–Trinajstić information content (AvgIpc) is 2.80. The minimum absolute atomic E-state index is 0.0215. The van der Waals surface area contributed by atoms with E-state index in [0.29, 0.717) is 0 Å². The third-order valence-electron chi connectivity index (χ3n) is 3.05. The lowest BCUT2D eigenvalue weighted by Gasteiger charge is -2.24. The van der Waals surface area contributed by atoms with Gasteiger partial charge in [-0.2, -0.15) is 4.99 Å². The number of amidine groups is 1. The number of benzene rings is 1. The molecule has 0 saturated heterocycles. The number of hydrogen-bond donors (Lipinski definition) is 3. The molecule has 0 aliphatic carbocycles. The lowest BCUT2D eigenvalue weighted by Crippen LogP contribution is -2.46. The number of aliphatic imine (C=N–C) groups is 1. The fourth-order valence-corrected chi connectivity index (χ4v) is 3.11. The molecule has 6 nitrogen and oxygen atoms in total. The summed E-state index contributed by atoms with van der Waals surface area (Å²) in [4.78, 5) is 27.1. The molecule has 3 rings (SSSR count). The average molecular weight is 281 g/mol. The molecule has 8 heteroatoms. The Hall–Kier alpha value is -1.93. The number of nitrogens with zero attached hydrogens (tertiary/aromatic N) is 1. The number of halogens is 1. The molecule has 0 bridgehead atoms. The van der Waals surface area contributed by atoms with Crippen molar-refractivity contribution >= 4 is 34.4 Å². The zero-order valence-corrected chi connectivity index (χ0v) is 10.2.